The molecule has 0 aliphatic heterocycles. The van der Waals surface area contributed by atoms with E-state index < -0.39 is 35.7 Å². The number of halogens is 3. The number of hydrogen-bond donors (Lipinski definition) is 3. The molecule has 204 valence electrons. The molecule has 1 aromatic heterocycles. The molecule has 1 aliphatic rings. The van der Waals surface area contributed by atoms with Crippen LogP contribution in [0.5, 0.6) is 5.75 Å². The van der Waals surface area contributed by atoms with Crippen LogP contribution in [0.3, 0.4) is 0 Å². The number of ether oxygens (including phenoxy) is 1. The van der Waals surface area contributed by atoms with Crippen LogP contribution in [0.25, 0.3) is 10.9 Å². The van der Waals surface area contributed by atoms with Gasteiger partial charge in [-0.05, 0) is 47.9 Å². The summed E-state index contributed by atoms with van der Waals surface area (Å²) in [4.78, 5) is 29.1. The Morgan fingerprint density at radius 2 is 1.90 bits per heavy atom. The molecule has 39 heavy (non-hydrogen) atoms. The molecule has 0 saturated carbocycles. The molecule has 3 N–H and O–H groups in total. The summed E-state index contributed by atoms with van der Waals surface area (Å²) in [5.41, 5.74) is 0.942. The summed E-state index contributed by atoms with van der Waals surface area (Å²) in [6.45, 7) is 3.92. The predicted octanol–water partition coefficient (Wildman–Crippen LogP) is 5.30. The van der Waals surface area contributed by atoms with E-state index in [0.717, 1.165) is 17.7 Å². The van der Waals surface area contributed by atoms with Gasteiger partial charge in [-0.2, -0.15) is 5.10 Å². The first kappa shape index (κ1) is 27.4. The number of carbonyl (C=O) groups is 2. The summed E-state index contributed by atoms with van der Waals surface area (Å²) >= 11 is 0. The number of nitrogens with zero attached hydrogens (tertiary/aromatic N) is 3. The Morgan fingerprint density at radius 3 is 2.54 bits per heavy atom. The van der Waals surface area contributed by atoms with Crippen molar-refractivity contribution in [2.45, 2.75) is 31.8 Å². The predicted molar refractivity (Wildman–Crippen MR) is 140 cm³/mol. The number of carboxylic acid groups (broad SMARTS) is 1. The zero-order valence-electron chi connectivity index (χ0n) is 21.2. The van der Waals surface area contributed by atoms with Crippen molar-refractivity contribution in [2.24, 2.45) is 18.0 Å². The molecular weight excluding hydrogens is 515 g/mol. The number of rotatable bonds is 7. The summed E-state index contributed by atoms with van der Waals surface area (Å²) in [5, 5.41) is 19.3. The number of aryl methyl sites for hydroxylation is 1. The molecule has 3 aromatic rings. The molecule has 0 bridgehead atoms. The first-order valence-corrected chi connectivity index (χ1v) is 11.9. The number of fused-ring (bicyclic) bond motifs is 1. The summed E-state index contributed by atoms with van der Waals surface area (Å²) < 4.78 is 42.5. The third-order valence-electron chi connectivity index (χ3n) is 6.35. The van der Waals surface area contributed by atoms with Gasteiger partial charge in [0, 0.05) is 24.3 Å². The van der Waals surface area contributed by atoms with Crippen molar-refractivity contribution >= 4 is 34.8 Å². The van der Waals surface area contributed by atoms with E-state index >= 15 is 0 Å². The van der Waals surface area contributed by atoms with Crippen LogP contribution in [-0.4, -0.2) is 51.0 Å². The average Bonchev–Trinajstić information content (AvgIpc) is 3.19. The van der Waals surface area contributed by atoms with Crippen LogP contribution in [0, 0.1) is 5.92 Å². The summed E-state index contributed by atoms with van der Waals surface area (Å²) in [6, 6.07) is 9.54. The summed E-state index contributed by atoms with van der Waals surface area (Å²) in [7, 11) is 1.68. The Kier molecular flexibility index (Phi) is 7.48. The number of hydrogen-bond acceptors (Lipinski definition) is 5. The van der Waals surface area contributed by atoms with Gasteiger partial charge in [0.15, 0.2) is 5.69 Å². The Hall–Kier alpha value is -4.61. The van der Waals surface area contributed by atoms with Crippen molar-refractivity contribution in [1.29, 1.82) is 0 Å². The van der Waals surface area contributed by atoms with Crippen molar-refractivity contribution in [2.75, 3.05) is 5.32 Å². The Bertz CT molecular complexity index is 1480. The molecule has 1 aliphatic carbocycles. The first-order chi connectivity index (χ1) is 18.4. The second-order valence-electron chi connectivity index (χ2n) is 9.25. The fourth-order valence-electron chi connectivity index (χ4n) is 4.40. The zero-order valence-corrected chi connectivity index (χ0v) is 21.2. The second-order valence-corrected chi connectivity index (χ2v) is 9.25. The lowest BCUT2D eigenvalue weighted by Crippen LogP contribution is -2.53. The molecule has 2 amide bonds. The van der Waals surface area contributed by atoms with Gasteiger partial charge < -0.3 is 20.5 Å². The number of benzene rings is 2. The number of aromatic nitrogens is 2. The highest BCUT2D eigenvalue weighted by Gasteiger charge is 2.39. The standard InChI is InChI=1S/C27H26F3N5O4/c1-16(2)26(13-5-4-6-22(26)33-25(37)38)31-15-17-7-12-20-21(14-17)35(3)34-23(20)24(36)32-18-8-10-19(11-9-18)39-27(28,29)30/h4-16,22,33H,1-3H3,(H,32,36)(H,37,38)/b31-15+. The molecule has 0 fully saturated rings. The minimum Gasteiger partial charge on any atom is -0.465 e. The largest absolute Gasteiger partial charge is 0.573 e. The van der Waals surface area contributed by atoms with Gasteiger partial charge in [0.25, 0.3) is 5.91 Å². The summed E-state index contributed by atoms with van der Waals surface area (Å²) in [6.07, 6.45) is 2.96. The molecular formula is C27H26F3N5O4. The highest BCUT2D eigenvalue weighted by atomic mass is 19.4. The van der Waals surface area contributed by atoms with Gasteiger partial charge in [-0.15, -0.1) is 13.2 Å². The van der Waals surface area contributed by atoms with Crippen molar-refractivity contribution in [3.63, 3.8) is 0 Å². The Morgan fingerprint density at radius 1 is 1.18 bits per heavy atom. The van der Waals surface area contributed by atoms with E-state index in [-0.39, 0.29) is 17.3 Å². The molecule has 0 spiro atoms. The van der Waals surface area contributed by atoms with E-state index in [2.05, 4.69) is 20.5 Å². The van der Waals surface area contributed by atoms with Crippen LogP contribution >= 0.6 is 0 Å². The monoisotopic (exact) mass is 541 g/mol. The van der Waals surface area contributed by atoms with Gasteiger partial charge in [0.2, 0.25) is 0 Å². The lowest BCUT2D eigenvalue weighted by Gasteiger charge is -2.38. The van der Waals surface area contributed by atoms with Crippen LogP contribution in [0.1, 0.15) is 29.9 Å². The smallest absolute Gasteiger partial charge is 0.465 e. The molecule has 12 heteroatoms. The molecule has 9 nitrogen and oxygen atoms in total. The fraction of sp³-hybridized carbons (Fsp3) is 0.259. The van der Waals surface area contributed by atoms with Crippen LogP contribution in [0.15, 0.2) is 71.8 Å². The number of anilines is 1. The lowest BCUT2D eigenvalue weighted by molar-refractivity contribution is -0.274. The van der Waals surface area contributed by atoms with Gasteiger partial charge in [-0.3, -0.25) is 14.5 Å². The minimum atomic E-state index is -4.81. The van der Waals surface area contributed by atoms with E-state index in [9.17, 15) is 27.9 Å². The van der Waals surface area contributed by atoms with E-state index in [1.54, 1.807) is 37.5 Å². The summed E-state index contributed by atoms with van der Waals surface area (Å²) in [5.74, 6) is -0.967. The highest BCUT2D eigenvalue weighted by molar-refractivity contribution is 6.11. The van der Waals surface area contributed by atoms with Gasteiger partial charge in [-0.25, -0.2) is 4.79 Å². The van der Waals surface area contributed by atoms with Crippen LogP contribution in [0.4, 0.5) is 23.7 Å². The zero-order chi connectivity index (χ0) is 28.4. The maximum atomic E-state index is 12.9. The van der Waals surface area contributed by atoms with Crippen molar-refractivity contribution in [3.05, 3.63) is 78.0 Å². The van der Waals surface area contributed by atoms with E-state index in [1.807, 2.05) is 32.1 Å². The molecule has 2 aromatic carbocycles. The second kappa shape index (κ2) is 10.6. The topological polar surface area (TPSA) is 118 Å². The van der Waals surface area contributed by atoms with Gasteiger partial charge in [-0.1, -0.05) is 44.2 Å². The molecule has 1 heterocycles. The maximum absolute atomic E-state index is 12.9. The molecule has 2 unspecified atom stereocenters. The van der Waals surface area contributed by atoms with E-state index in [0.29, 0.717) is 10.9 Å². The average molecular weight is 542 g/mol. The molecule has 0 saturated heterocycles. The Balaban J connectivity index is 1.57. The molecule has 4 rings (SSSR count). The third-order valence-corrected chi connectivity index (χ3v) is 6.35. The van der Waals surface area contributed by atoms with E-state index in [1.165, 1.54) is 16.8 Å². The van der Waals surface area contributed by atoms with E-state index in [4.69, 9.17) is 4.99 Å². The quantitative estimate of drug-likeness (QED) is 0.351. The number of carbonyl (C=O) groups excluding carboxylic acids is 1. The minimum absolute atomic E-state index is 0.0309. The molecule has 2 atom stereocenters. The number of nitrogens with one attached hydrogen (secondary N) is 2. The SMILES string of the molecule is CC(C)C1(/N=C/c2ccc3c(C(=O)Nc4ccc(OC(F)(F)F)cc4)nn(C)c3c2)C=CC=CC1NC(=O)O. The fourth-order valence-corrected chi connectivity index (χ4v) is 4.40. The van der Waals surface area contributed by atoms with Crippen LogP contribution < -0.4 is 15.4 Å². The first-order valence-electron chi connectivity index (χ1n) is 11.9. The van der Waals surface area contributed by atoms with Crippen molar-refractivity contribution in [1.82, 2.24) is 15.1 Å². The van der Waals surface area contributed by atoms with Crippen LogP contribution in [-0.2, 0) is 7.05 Å². The number of allylic oxidation sites excluding steroid dienone is 2. The van der Waals surface area contributed by atoms with Gasteiger partial charge in [0.05, 0.1) is 11.6 Å². The van der Waals surface area contributed by atoms with Crippen LogP contribution in [0.2, 0.25) is 0 Å². The van der Waals surface area contributed by atoms with Crippen molar-refractivity contribution < 1.29 is 32.6 Å². The number of aliphatic imine (C=N–C) groups is 1. The van der Waals surface area contributed by atoms with Gasteiger partial charge in [0.1, 0.15) is 11.3 Å². The number of alkyl halides is 3. The number of amides is 2. The third kappa shape index (κ3) is 6.11. The van der Waals surface area contributed by atoms with Crippen molar-refractivity contribution in [3.8, 4) is 5.75 Å². The van der Waals surface area contributed by atoms with Gasteiger partial charge >= 0.3 is 12.5 Å². The Labute approximate surface area is 221 Å². The normalized spacial score (nSPS) is 19.1. The maximum Gasteiger partial charge on any atom is 0.573 e. The lowest BCUT2D eigenvalue weighted by atomic mass is 9.77. The highest BCUT2D eigenvalue weighted by Crippen LogP contribution is 2.32. The molecule has 0 radical (unpaired) electrons.